The van der Waals surface area contributed by atoms with Gasteiger partial charge in [0.05, 0.1) is 0 Å². The predicted molar refractivity (Wildman–Crippen MR) is 52.0 cm³/mol. The first kappa shape index (κ1) is 11.2. The Bertz CT molecular complexity index is 193. The Hall–Kier alpha value is -0.830. The second-order valence-corrected chi connectivity index (χ2v) is 2.31. The zero-order valence-electron chi connectivity index (χ0n) is 8.25. The molecule has 3 heteroatoms. The lowest BCUT2D eigenvalue weighted by atomic mass is 10.4. The highest BCUT2D eigenvalue weighted by molar-refractivity contribution is 4.87. The van der Waals surface area contributed by atoms with Gasteiger partial charge >= 0.3 is 0 Å². The molecule has 0 fully saturated rings. The zero-order valence-corrected chi connectivity index (χ0v) is 8.25. The van der Waals surface area contributed by atoms with Crippen LogP contribution in [-0.2, 0) is 6.54 Å². The molecule has 0 aromatic carbocycles. The van der Waals surface area contributed by atoms with E-state index in [0.29, 0.717) is 0 Å². The number of nitrogens with two attached hydrogens (primary N) is 1. The molecule has 1 rings (SSSR count). The van der Waals surface area contributed by atoms with Gasteiger partial charge in [-0.1, -0.05) is 13.8 Å². The van der Waals surface area contributed by atoms with Crippen molar-refractivity contribution in [3.63, 3.8) is 0 Å². The summed E-state index contributed by atoms with van der Waals surface area (Å²) >= 11 is 0. The molecule has 0 saturated heterocycles. The van der Waals surface area contributed by atoms with E-state index in [-0.39, 0.29) is 0 Å². The fourth-order valence-electron chi connectivity index (χ4n) is 0.902. The third-order valence-corrected chi connectivity index (χ3v) is 1.53. The lowest BCUT2D eigenvalue weighted by molar-refractivity contribution is 0.633. The molecule has 1 heterocycles. The van der Waals surface area contributed by atoms with E-state index in [1.165, 1.54) is 0 Å². The summed E-state index contributed by atoms with van der Waals surface area (Å²) in [7, 11) is 0. The quantitative estimate of drug-likeness (QED) is 0.746. The van der Waals surface area contributed by atoms with Crippen molar-refractivity contribution in [3.05, 3.63) is 18.2 Å². The fraction of sp³-hybridized carbons (Fsp3) is 0.667. The van der Waals surface area contributed by atoms with E-state index >= 15 is 0 Å². The van der Waals surface area contributed by atoms with E-state index in [2.05, 4.69) is 9.55 Å². The van der Waals surface area contributed by atoms with Gasteiger partial charge in [-0.25, -0.2) is 4.98 Å². The third-order valence-electron chi connectivity index (χ3n) is 1.53. The molecule has 0 radical (unpaired) electrons. The van der Waals surface area contributed by atoms with Crippen LogP contribution in [0.1, 0.15) is 26.1 Å². The van der Waals surface area contributed by atoms with Gasteiger partial charge in [-0.15, -0.1) is 0 Å². The maximum Gasteiger partial charge on any atom is 0.105 e. The number of hydrogen-bond acceptors (Lipinski definition) is 2. The normalized spacial score (nSPS) is 9.00. The third kappa shape index (κ3) is 3.53. The Morgan fingerprint density at radius 2 is 2.17 bits per heavy atom. The van der Waals surface area contributed by atoms with Crippen molar-refractivity contribution in [2.45, 2.75) is 33.7 Å². The summed E-state index contributed by atoms with van der Waals surface area (Å²) < 4.78 is 2.10. The minimum Gasteiger partial charge on any atom is -0.335 e. The first-order valence-electron chi connectivity index (χ1n) is 4.52. The molecule has 1 aromatic heterocycles. The molecular formula is C9H19N3. The van der Waals surface area contributed by atoms with Gasteiger partial charge in [-0.3, -0.25) is 0 Å². The van der Waals surface area contributed by atoms with Gasteiger partial charge in [0.1, 0.15) is 5.82 Å². The fourth-order valence-corrected chi connectivity index (χ4v) is 0.902. The summed E-state index contributed by atoms with van der Waals surface area (Å²) in [5.41, 5.74) is 5.36. The van der Waals surface area contributed by atoms with Crippen molar-refractivity contribution in [1.29, 1.82) is 0 Å². The molecule has 3 nitrogen and oxygen atoms in total. The molecule has 0 aliphatic heterocycles. The van der Waals surface area contributed by atoms with E-state index in [1.807, 2.05) is 33.2 Å². The van der Waals surface area contributed by atoms with Crippen LogP contribution in [0.25, 0.3) is 0 Å². The second-order valence-electron chi connectivity index (χ2n) is 2.31. The monoisotopic (exact) mass is 169 g/mol. The standard InChI is InChI=1S/C7H13N3.C2H6/c1-7-9-4-6-10(7)5-2-3-8;1-2/h4,6H,2-3,5,8H2,1H3;1-2H3. The van der Waals surface area contributed by atoms with Crippen molar-refractivity contribution in [1.82, 2.24) is 9.55 Å². The Morgan fingerprint density at radius 1 is 1.50 bits per heavy atom. The molecule has 0 atom stereocenters. The lowest BCUT2D eigenvalue weighted by Gasteiger charge is -2.01. The molecule has 0 spiro atoms. The number of aromatic nitrogens is 2. The summed E-state index contributed by atoms with van der Waals surface area (Å²) in [5.74, 6) is 1.06. The number of hydrogen-bond donors (Lipinski definition) is 1. The molecule has 12 heavy (non-hydrogen) atoms. The highest BCUT2D eigenvalue weighted by atomic mass is 15.0. The number of aryl methyl sites for hydroxylation is 2. The van der Waals surface area contributed by atoms with E-state index < -0.39 is 0 Å². The highest BCUT2D eigenvalue weighted by Gasteiger charge is 1.93. The van der Waals surface area contributed by atoms with Crippen LogP contribution in [0.5, 0.6) is 0 Å². The average Bonchev–Trinajstić information content (AvgIpc) is 2.51. The Labute approximate surface area is 74.6 Å². The molecule has 0 amide bonds. The average molecular weight is 169 g/mol. The Morgan fingerprint density at radius 3 is 2.58 bits per heavy atom. The van der Waals surface area contributed by atoms with Crippen LogP contribution >= 0.6 is 0 Å². The predicted octanol–water partition coefficient (Wildman–Crippen LogP) is 1.57. The molecule has 2 N–H and O–H groups in total. The van der Waals surface area contributed by atoms with Gasteiger partial charge in [0.25, 0.3) is 0 Å². The first-order chi connectivity index (χ1) is 5.84. The van der Waals surface area contributed by atoms with Crippen LogP contribution in [0.3, 0.4) is 0 Å². The topological polar surface area (TPSA) is 43.8 Å². The molecule has 0 aliphatic rings. The summed E-state index contributed by atoms with van der Waals surface area (Å²) in [6, 6.07) is 0. The minimum absolute atomic E-state index is 0.748. The molecule has 0 saturated carbocycles. The molecule has 1 aromatic rings. The van der Waals surface area contributed by atoms with Crippen LogP contribution in [0, 0.1) is 6.92 Å². The van der Waals surface area contributed by atoms with Crippen LogP contribution < -0.4 is 5.73 Å². The summed E-state index contributed by atoms with van der Waals surface area (Å²) in [6.45, 7) is 7.73. The van der Waals surface area contributed by atoms with Gasteiger partial charge in [-0.05, 0) is 19.9 Å². The van der Waals surface area contributed by atoms with E-state index in [9.17, 15) is 0 Å². The Kier molecular flexibility index (Phi) is 6.38. The number of nitrogens with zero attached hydrogens (tertiary/aromatic N) is 2. The summed E-state index contributed by atoms with van der Waals surface area (Å²) in [4.78, 5) is 4.09. The molecular weight excluding hydrogens is 150 g/mol. The smallest absolute Gasteiger partial charge is 0.105 e. The van der Waals surface area contributed by atoms with E-state index in [1.54, 1.807) is 0 Å². The number of imidazole rings is 1. The summed E-state index contributed by atoms with van der Waals surface area (Å²) in [6.07, 6.45) is 4.81. The molecule has 0 bridgehead atoms. The van der Waals surface area contributed by atoms with Crippen molar-refractivity contribution >= 4 is 0 Å². The van der Waals surface area contributed by atoms with Crippen LogP contribution in [0.15, 0.2) is 12.4 Å². The molecule has 0 aliphatic carbocycles. The minimum atomic E-state index is 0.748. The highest BCUT2D eigenvalue weighted by Crippen LogP contribution is 1.95. The van der Waals surface area contributed by atoms with Gasteiger partial charge in [-0.2, -0.15) is 0 Å². The van der Waals surface area contributed by atoms with Gasteiger partial charge < -0.3 is 10.3 Å². The van der Waals surface area contributed by atoms with Crippen LogP contribution in [0.2, 0.25) is 0 Å². The second kappa shape index (κ2) is 6.85. The van der Waals surface area contributed by atoms with E-state index in [4.69, 9.17) is 5.73 Å². The molecule has 0 unspecified atom stereocenters. The first-order valence-corrected chi connectivity index (χ1v) is 4.52. The maximum atomic E-state index is 5.36. The maximum absolute atomic E-state index is 5.36. The lowest BCUT2D eigenvalue weighted by Crippen LogP contribution is -2.06. The van der Waals surface area contributed by atoms with Crippen LogP contribution in [-0.4, -0.2) is 16.1 Å². The Balaban J connectivity index is 0.000000561. The zero-order chi connectivity index (χ0) is 9.40. The van der Waals surface area contributed by atoms with Gasteiger partial charge in [0, 0.05) is 18.9 Å². The van der Waals surface area contributed by atoms with Crippen molar-refractivity contribution in [3.8, 4) is 0 Å². The van der Waals surface area contributed by atoms with Crippen molar-refractivity contribution < 1.29 is 0 Å². The van der Waals surface area contributed by atoms with Gasteiger partial charge in [0.15, 0.2) is 0 Å². The van der Waals surface area contributed by atoms with Crippen LogP contribution in [0.4, 0.5) is 0 Å². The molecule has 70 valence electrons. The van der Waals surface area contributed by atoms with Crippen molar-refractivity contribution in [2.24, 2.45) is 5.73 Å². The number of rotatable bonds is 3. The van der Waals surface area contributed by atoms with E-state index in [0.717, 1.165) is 25.3 Å². The largest absolute Gasteiger partial charge is 0.335 e. The SMILES string of the molecule is CC.Cc1nccn1CCCN. The van der Waals surface area contributed by atoms with Gasteiger partial charge in [0.2, 0.25) is 0 Å². The summed E-state index contributed by atoms with van der Waals surface area (Å²) in [5, 5.41) is 0. The van der Waals surface area contributed by atoms with Crippen molar-refractivity contribution in [2.75, 3.05) is 6.54 Å².